The molecule has 7 heteroatoms. The lowest BCUT2D eigenvalue weighted by Gasteiger charge is -2.18. The van der Waals surface area contributed by atoms with Crippen LogP contribution in [0.5, 0.6) is 11.5 Å². The van der Waals surface area contributed by atoms with Crippen molar-refractivity contribution in [3.8, 4) is 11.5 Å². The van der Waals surface area contributed by atoms with Crippen molar-refractivity contribution in [3.05, 3.63) is 59.7 Å². The van der Waals surface area contributed by atoms with Crippen molar-refractivity contribution < 1.29 is 22.7 Å². The van der Waals surface area contributed by atoms with Gasteiger partial charge in [0.05, 0.1) is 19.1 Å². The largest absolute Gasteiger partial charge is 0.497 e. The molecule has 0 aliphatic carbocycles. The molecule has 6 nitrogen and oxygen atoms in total. The molecule has 0 radical (unpaired) electrons. The van der Waals surface area contributed by atoms with Gasteiger partial charge in [-0.25, -0.2) is 8.42 Å². The normalized spacial score (nSPS) is 11.8. The zero-order valence-corrected chi connectivity index (χ0v) is 17.3. The number of ether oxygens (including phenoxy) is 2. The van der Waals surface area contributed by atoms with Gasteiger partial charge in [-0.2, -0.15) is 4.31 Å². The molecular weight excluding hydrogens is 378 g/mol. The topological polar surface area (TPSA) is 72.9 Å². The molecule has 0 spiro atoms. The fraction of sp³-hybridized carbons (Fsp3) is 0.286. The second-order valence-corrected chi connectivity index (χ2v) is 7.86. The van der Waals surface area contributed by atoms with Crippen molar-refractivity contribution in [2.45, 2.75) is 18.7 Å². The van der Waals surface area contributed by atoms with Crippen molar-refractivity contribution in [2.75, 3.05) is 27.3 Å². The lowest BCUT2D eigenvalue weighted by atomic mass is 10.1. The van der Waals surface area contributed by atoms with E-state index in [0.717, 1.165) is 5.56 Å². The van der Waals surface area contributed by atoms with Gasteiger partial charge in [-0.1, -0.05) is 13.8 Å². The fourth-order valence-electron chi connectivity index (χ4n) is 2.72. The maximum atomic E-state index is 12.5. The zero-order valence-electron chi connectivity index (χ0n) is 16.5. The molecule has 2 aromatic rings. The van der Waals surface area contributed by atoms with E-state index in [1.165, 1.54) is 34.6 Å². The molecule has 0 saturated carbocycles. The van der Waals surface area contributed by atoms with Gasteiger partial charge in [-0.15, -0.1) is 0 Å². The van der Waals surface area contributed by atoms with Crippen LogP contribution in [0.3, 0.4) is 0 Å². The highest BCUT2D eigenvalue weighted by Crippen LogP contribution is 2.26. The number of sulfonamides is 1. The lowest BCUT2D eigenvalue weighted by molar-refractivity contribution is 0.104. The SMILES string of the molecule is CCN(CC)S(=O)(=O)c1ccc(C(=O)/C=C/c2ccc(OC)cc2OC)cc1. The molecule has 0 amide bonds. The molecule has 0 N–H and O–H groups in total. The molecule has 0 aliphatic rings. The highest BCUT2D eigenvalue weighted by Gasteiger charge is 2.21. The summed E-state index contributed by atoms with van der Waals surface area (Å²) in [6.45, 7) is 4.37. The van der Waals surface area contributed by atoms with Gasteiger partial charge in [0.25, 0.3) is 0 Å². The van der Waals surface area contributed by atoms with Gasteiger partial charge in [-0.3, -0.25) is 4.79 Å². The van der Waals surface area contributed by atoms with Crippen LogP contribution in [-0.2, 0) is 10.0 Å². The highest BCUT2D eigenvalue weighted by atomic mass is 32.2. The van der Waals surface area contributed by atoms with Gasteiger partial charge in [0.1, 0.15) is 11.5 Å². The average Bonchev–Trinajstić information content (AvgIpc) is 2.72. The number of carbonyl (C=O) groups is 1. The minimum atomic E-state index is -3.54. The summed E-state index contributed by atoms with van der Waals surface area (Å²) in [6, 6.07) is 11.3. The summed E-state index contributed by atoms with van der Waals surface area (Å²) in [5, 5.41) is 0. The summed E-state index contributed by atoms with van der Waals surface area (Å²) >= 11 is 0. The van der Waals surface area contributed by atoms with E-state index in [-0.39, 0.29) is 10.7 Å². The first-order valence-electron chi connectivity index (χ1n) is 8.92. The zero-order chi connectivity index (χ0) is 20.7. The predicted octanol–water partition coefficient (Wildman–Crippen LogP) is 3.63. The Morgan fingerprint density at radius 1 is 1.00 bits per heavy atom. The Labute approximate surface area is 166 Å². The summed E-state index contributed by atoms with van der Waals surface area (Å²) in [5.41, 5.74) is 1.14. The Morgan fingerprint density at radius 3 is 2.18 bits per heavy atom. The van der Waals surface area contributed by atoms with Gasteiger partial charge >= 0.3 is 0 Å². The van der Waals surface area contributed by atoms with Crippen molar-refractivity contribution in [2.24, 2.45) is 0 Å². The van der Waals surface area contributed by atoms with Gasteiger partial charge in [0.15, 0.2) is 5.78 Å². The Hall–Kier alpha value is -2.64. The summed E-state index contributed by atoms with van der Waals surface area (Å²) in [6.07, 6.45) is 3.08. The van der Waals surface area contributed by atoms with Crippen molar-refractivity contribution in [1.29, 1.82) is 0 Å². The minimum Gasteiger partial charge on any atom is -0.497 e. The molecule has 2 aromatic carbocycles. The highest BCUT2D eigenvalue weighted by molar-refractivity contribution is 7.89. The average molecular weight is 404 g/mol. The van der Waals surface area contributed by atoms with Crippen LogP contribution in [0, 0.1) is 0 Å². The van der Waals surface area contributed by atoms with Crippen LogP contribution in [0.15, 0.2) is 53.4 Å². The molecule has 0 fully saturated rings. The smallest absolute Gasteiger partial charge is 0.243 e. The molecule has 0 atom stereocenters. The maximum absolute atomic E-state index is 12.5. The quantitative estimate of drug-likeness (QED) is 0.472. The predicted molar refractivity (Wildman–Crippen MR) is 109 cm³/mol. The third kappa shape index (κ3) is 4.79. The van der Waals surface area contributed by atoms with Crippen molar-refractivity contribution in [1.82, 2.24) is 4.31 Å². The van der Waals surface area contributed by atoms with E-state index in [1.54, 1.807) is 52.3 Å². The Bertz CT molecular complexity index is 945. The summed E-state index contributed by atoms with van der Waals surface area (Å²) in [7, 11) is -0.427. The van der Waals surface area contributed by atoms with E-state index in [4.69, 9.17) is 9.47 Å². The molecule has 0 unspecified atom stereocenters. The third-order valence-electron chi connectivity index (χ3n) is 4.34. The monoisotopic (exact) mass is 403 g/mol. The Balaban J connectivity index is 2.21. The number of rotatable bonds is 9. The number of nitrogens with zero attached hydrogens (tertiary/aromatic N) is 1. The summed E-state index contributed by atoms with van der Waals surface area (Å²) in [4.78, 5) is 12.6. The van der Waals surface area contributed by atoms with Gasteiger partial charge in [-0.05, 0) is 48.6 Å². The van der Waals surface area contributed by atoms with E-state index in [0.29, 0.717) is 30.2 Å². The van der Waals surface area contributed by atoms with E-state index < -0.39 is 10.0 Å². The van der Waals surface area contributed by atoms with Gasteiger partial charge < -0.3 is 9.47 Å². The molecule has 0 aromatic heterocycles. The van der Waals surface area contributed by atoms with Crippen LogP contribution in [0.1, 0.15) is 29.8 Å². The molecule has 150 valence electrons. The standard InChI is InChI=1S/C21H25NO5S/c1-5-22(6-2)28(24,25)19-12-8-16(9-13-19)20(23)14-10-17-7-11-18(26-3)15-21(17)27-4/h7-15H,5-6H2,1-4H3/b14-10+. The van der Waals surface area contributed by atoms with E-state index in [1.807, 2.05) is 0 Å². The van der Waals surface area contributed by atoms with E-state index in [2.05, 4.69) is 0 Å². The van der Waals surface area contributed by atoms with Gasteiger partial charge in [0, 0.05) is 30.3 Å². The molecule has 0 bridgehead atoms. The van der Waals surface area contributed by atoms with Crippen LogP contribution in [0.4, 0.5) is 0 Å². The molecule has 0 saturated heterocycles. The van der Waals surface area contributed by atoms with E-state index in [9.17, 15) is 13.2 Å². The van der Waals surface area contributed by atoms with Crippen molar-refractivity contribution in [3.63, 3.8) is 0 Å². The Kier molecular flexibility index (Phi) is 7.37. The molecule has 0 heterocycles. The maximum Gasteiger partial charge on any atom is 0.243 e. The van der Waals surface area contributed by atoms with Crippen LogP contribution < -0.4 is 9.47 Å². The van der Waals surface area contributed by atoms with E-state index >= 15 is 0 Å². The Morgan fingerprint density at radius 2 is 1.64 bits per heavy atom. The second kappa shape index (κ2) is 9.52. The molecular formula is C21H25NO5S. The van der Waals surface area contributed by atoms with Crippen molar-refractivity contribution >= 4 is 21.9 Å². The number of ketones is 1. The molecule has 28 heavy (non-hydrogen) atoms. The molecule has 2 rings (SSSR count). The number of hydrogen-bond acceptors (Lipinski definition) is 5. The minimum absolute atomic E-state index is 0.175. The first kappa shape index (κ1) is 21.7. The summed E-state index contributed by atoms with van der Waals surface area (Å²) < 4.78 is 36.9. The van der Waals surface area contributed by atoms with Gasteiger partial charge in [0.2, 0.25) is 10.0 Å². The number of methoxy groups -OCH3 is 2. The first-order valence-corrected chi connectivity index (χ1v) is 10.4. The lowest BCUT2D eigenvalue weighted by Crippen LogP contribution is -2.30. The van der Waals surface area contributed by atoms with Crippen LogP contribution in [-0.4, -0.2) is 45.8 Å². The number of allylic oxidation sites excluding steroid dienone is 1. The number of hydrogen-bond donors (Lipinski definition) is 0. The molecule has 0 aliphatic heterocycles. The van der Waals surface area contributed by atoms with Crippen LogP contribution in [0.2, 0.25) is 0 Å². The summed E-state index contributed by atoms with van der Waals surface area (Å²) in [5.74, 6) is 1.01. The second-order valence-electron chi connectivity index (χ2n) is 5.92. The van der Waals surface area contributed by atoms with Crippen LogP contribution in [0.25, 0.3) is 6.08 Å². The number of carbonyl (C=O) groups excluding carboxylic acids is 1. The fourth-order valence-corrected chi connectivity index (χ4v) is 4.18. The third-order valence-corrected chi connectivity index (χ3v) is 6.40. The van der Waals surface area contributed by atoms with Crippen LogP contribution >= 0.6 is 0 Å². The number of benzene rings is 2. The first-order chi connectivity index (χ1) is 13.4.